The summed E-state index contributed by atoms with van der Waals surface area (Å²) in [5.74, 6) is 1.15. The highest BCUT2D eigenvalue weighted by Gasteiger charge is 2.46. The van der Waals surface area contributed by atoms with Gasteiger partial charge in [0.25, 0.3) is 0 Å². The number of nitrogens with one attached hydrogen (secondary N) is 2. The molecule has 4 amide bonds. The summed E-state index contributed by atoms with van der Waals surface area (Å²) in [6.45, 7) is 2.38. The molecule has 2 aliphatic rings. The summed E-state index contributed by atoms with van der Waals surface area (Å²) in [5.41, 5.74) is 4.95. The second kappa shape index (κ2) is 11.7. The Bertz CT molecular complexity index is 769. The van der Waals surface area contributed by atoms with Crippen molar-refractivity contribution >= 4 is 29.9 Å². The maximum Gasteiger partial charge on any atom is 0.312 e. The smallest absolute Gasteiger partial charge is 0.312 e. The SMILES string of the molecule is C#CCCC(CC(=O)C=O)NC(=O)C1CCCN1C(=O)C(NC(N)=O)C1(C)CCCCC1. The van der Waals surface area contributed by atoms with Crippen LogP contribution in [0, 0.1) is 17.8 Å². The summed E-state index contributed by atoms with van der Waals surface area (Å²) in [7, 11) is 0. The Balaban J connectivity index is 2.16. The van der Waals surface area contributed by atoms with Crippen molar-refractivity contribution in [3.63, 3.8) is 0 Å². The molecule has 1 saturated carbocycles. The summed E-state index contributed by atoms with van der Waals surface area (Å²) in [6.07, 6.45) is 11.8. The van der Waals surface area contributed by atoms with Crippen LogP contribution in [0.3, 0.4) is 0 Å². The fourth-order valence-corrected chi connectivity index (χ4v) is 4.86. The van der Waals surface area contributed by atoms with E-state index in [1.54, 1.807) is 0 Å². The van der Waals surface area contributed by atoms with Gasteiger partial charge in [-0.25, -0.2) is 4.79 Å². The van der Waals surface area contributed by atoms with Crippen LogP contribution in [0.25, 0.3) is 0 Å². The van der Waals surface area contributed by atoms with Crippen LogP contribution < -0.4 is 16.4 Å². The van der Waals surface area contributed by atoms with E-state index in [0.29, 0.717) is 32.2 Å². The third-order valence-corrected chi connectivity index (χ3v) is 6.63. The Kier molecular flexibility index (Phi) is 9.24. The van der Waals surface area contributed by atoms with Crippen molar-refractivity contribution < 1.29 is 24.0 Å². The van der Waals surface area contributed by atoms with Crippen LogP contribution in [-0.2, 0) is 19.2 Å². The minimum atomic E-state index is -0.803. The van der Waals surface area contributed by atoms with Crippen LogP contribution in [0.2, 0.25) is 0 Å². The molecule has 4 N–H and O–H groups in total. The molecule has 0 aromatic heterocycles. The topological polar surface area (TPSA) is 139 Å². The van der Waals surface area contributed by atoms with Crippen molar-refractivity contribution in [2.45, 2.75) is 89.3 Å². The Labute approximate surface area is 189 Å². The number of carbonyl (C=O) groups is 5. The highest BCUT2D eigenvalue weighted by Crippen LogP contribution is 2.40. The van der Waals surface area contributed by atoms with Crippen molar-refractivity contribution in [3.8, 4) is 12.3 Å². The molecule has 1 saturated heterocycles. The van der Waals surface area contributed by atoms with E-state index in [2.05, 4.69) is 16.6 Å². The lowest BCUT2D eigenvalue weighted by Crippen LogP contribution is -2.60. The number of hydrogen-bond donors (Lipinski definition) is 3. The Morgan fingerprint density at radius 3 is 2.47 bits per heavy atom. The summed E-state index contributed by atoms with van der Waals surface area (Å²) < 4.78 is 0. The van der Waals surface area contributed by atoms with E-state index in [0.717, 1.165) is 32.1 Å². The summed E-state index contributed by atoms with van der Waals surface area (Å²) >= 11 is 0. The number of primary amides is 1. The van der Waals surface area contributed by atoms with E-state index in [9.17, 15) is 24.0 Å². The molecule has 32 heavy (non-hydrogen) atoms. The molecule has 3 unspecified atom stereocenters. The average Bonchev–Trinajstić information content (AvgIpc) is 3.25. The van der Waals surface area contributed by atoms with Crippen LogP contribution in [-0.4, -0.2) is 59.5 Å². The zero-order valence-corrected chi connectivity index (χ0v) is 18.7. The van der Waals surface area contributed by atoms with E-state index in [4.69, 9.17) is 12.2 Å². The minimum absolute atomic E-state index is 0.137. The lowest BCUT2D eigenvalue weighted by Gasteiger charge is -2.42. The number of amides is 4. The van der Waals surface area contributed by atoms with Gasteiger partial charge in [-0.05, 0) is 37.5 Å². The van der Waals surface area contributed by atoms with Crippen LogP contribution in [0.1, 0.15) is 71.1 Å². The largest absolute Gasteiger partial charge is 0.352 e. The van der Waals surface area contributed by atoms with Gasteiger partial charge in [-0.1, -0.05) is 26.2 Å². The number of nitrogens with two attached hydrogens (primary N) is 1. The molecule has 0 spiro atoms. The summed E-state index contributed by atoms with van der Waals surface area (Å²) in [5, 5.41) is 5.43. The molecule has 176 valence electrons. The van der Waals surface area contributed by atoms with Gasteiger partial charge in [0.15, 0.2) is 12.1 Å². The molecule has 0 radical (unpaired) electrons. The number of rotatable bonds is 10. The highest BCUT2D eigenvalue weighted by molar-refractivity contribution is 6.25. The predicted molar refractivity (Wildman–Crippen MR) is 118 cm³/mol. The zero-order chi connectivity index (χ0) is 23.7. The van der Waals surface area contributed by atoms with Crippen LogP contribution in [0.4, 0.5) is 4.79 Å². The Hall–Kier alpha value is -2.89. The highest BCUT2D eigenvalue weighted by atomic mass is 16.2. The monoisotopic (exact) mass is 446 g/mol. The molecule has 0 aromatic carbocycles. The first kappa shape index (κ1) is 25.4. The molecule has 1 heterocycles. The van der Waals surface area contributed by atoms with E-state index in [1.807, 2.05) is 6.92 Å². The average molecular weight is 447 g/mol. The van der Waals surface area contributed by atoms with Crippen LogP contribution >= 0.6 is 0 Å². The number of terminal acetylenes is 1. The normalized spacial score (nSPS) is 21.6. The number of nitrogens with zero attached hydrogens (tertiary/aromatic N) is 1. The van der Waals surface area contributed by atoms with Gasteiger partial charge in [-0.2, -0.15) is 0 Å². The van der Waals surface area contributed by atoms with Crippen LogP contribution in [0.5, 0.6) is 0 Å². The standard InChI is InChI=1S/C23H34N4O5/c1-3-4-9-16(14-17(29)15-28)25-20(30)18-10-8-13-27(18)21(31)19(26-22(24)32)23(2)11-6-5-7-12-23/h1,15-16,18-19H,4-14H2,2H3,(H,25,30)(H3,24,26,32). The molecular formula is C23H34N4O5. The number of ketones is 1. The Morgan fingerprint density at radius 2 is 1.88 bits per heavy atom. The number of urea groups is 1. The number of likely N-dealkylation sites (tertiary alicyclic amines) is 1. The number of hydrogen-bond acceptors (Lipinski definition) is 5. The number of Topliss-reactive ketones (excluding diaryl/α,β-unsaturated/α-hetero) is 1. The fourth-order valence-electron chi connectivity index (χ4n) is 4.86. The predicted octanol–water partition coefficient (Wildman–Crippen LogP) is 1.04. The summed E-state index contributed by atoms with van der Waals surface area (Å²) in [6, 6.07) is -2.87. The maximum atomic E-state index is 13.5. The van der Waals surface area contributed by atoms with Crippen molar-refractivity contribution in [1.82, 2.24) is 15.5 Å². The van der Waals surface area contributed by atoms with Crippen molar-refractivity contribution in [3.05, 3.63) is 0 Å². The van der Waals surface area contributed by atoms with Gasteiger partial charge in [-0.15, -0.1) is 12.3 Å². The molecule has 9 nitrogen and oxygen atoms in total. The molecule has 9 heteroatoms. The van der Waals surface area contributed by atoms with Crippen molar-refractivity contribution in [1.29, 1.82) is 0 Å². The Morgan fingerprint density at radius 1 is 1.19 bits per heavy atom. The van der Waals surface area contributed by atoms with Gasteiger partial charge < -0.3 is 21.3 Å². The molecule has 0 bridgehead atoms. The number of carbonyl (C=O) groups excluding carboxylic acids is 5. The molecule has 2 rings (SSSR count). The molecule has 2 fully saturated rings. The molecular weight excluding hydrogens is 412 g/mol. The number of aldehydes is 1. The van der Waals surface area contributed by atoms with Gasteiger partial charge in [0.1, 0.15) is 12.1 Å². The quantitative estimate of drug-likeness (QED) is 0.261. The van der Waals surface area contributed by atoms with E-state index in [1.165, 1.54) is 4.90 Å². The summed E-state index contributed by atoms with van der Waals surface area (Å²) in [4.78, 5) is 62.1. The first-order chi connectivity index (χ1) is 15.2. The second-order valence-corrected chi connectivity index (χ2v) is 9.08. The first-order valence-electron chi connectivity index (χ1n) is 11.3. The first-order valence-corrected chi connectivity index (χ1v) is 11.3. The molecule has 1 aliphatic carbocycles. The third-order valence-electron chi connectivity index (χ3n) is 6.63. The minimum Gasteiger partial charge on any atom is -0.352 e. The lowest BCUT2D eigenvalue weighted by molar-refractivity contribution is -0.143. The third kappa shape index (κ3) is 6.55. The van der Waals surface area contributed by atoms with Gasteiger partial charge >= 0.3 is 6.03 Å². The molecule has 3 atom stereocenters. The lowest BCUT2D eigenvalue weighted by atomic mass is 9.70. The van der Waals surface area contributed by atoms with Crippen molar-refractivity contribution in [2.24, 2.45) is 11.1 Å². The molecule has 0 aromatic rings. The van der Waals surface area contributed by atoms with Gasteiger partial charge in [-0.3, -0.25) is 19.2 Å². The zero-order valence-electron chi connectivity index (χ0n) is 18.7. The van der Waals surface area contributed by atoms with Gasteiger partial charge in [0, 0.05) is 25.4 Å². The van der Waals surface area contributed by atoms with E-state index < -0.39 is 35.4 Å². The second-order valence-electron chi connectivity index (χ2n) is 9.08. The van der Waals surface area contributed by atoms with Crippen molar-refractivity contribution in [2.75, 3.05) is 6.54 Å². The van der Waals surface area contributed by atoms with Gasteiger partial charge in [0.2, 0.25) is 11.8 Å². The molecule has 1 aliphatic heterocycles. The maximum absolute atomic E-state index is 13.5. The van der Waals surface area contributed by atoms with Gasteiger partial charge in [0.05, 0.1) is 0 Å². The van der Waals surface area contributed by atoms with E-state index in [-0.39, 0.29) is 24.5 Å². The van der Waals surface area contributed by atoms with Crippen LogP contribution in [0.15, 0.2) is 0 Å². The fraction of sp³-hybridized carbons (Fsp3) is 0.696. The van der Waals surface area contributed by atoms with E-state index >= 15 is 0 Å².